The van der Waals surface area contributed by atoms with Crippen LogP contribution in [-0.2, 0) is 22.7 Å². The Labute approximate surface area is 155 Å². The Hall–Kier alpha value is -1.48. The Balaban J connectivity index is 4.15. The van der Waals surface area contributed by atoms with Gasteiger partial charge in [0.25, 0.3) is 0 Å². The Morgan fingerprint density at radius 2 is 0.643 bits per heavy atom. The van der Waals surface area contributed by atoms with Gasteiger partial charge in [-0.3, -0.25) is 0 Å². The molecule has 0 fully saturated rings. The van der Waals surface area contributed by atoms with E-state index in [1.165, 1.54) is 0 Å². The first-order valence-corrected chi connectivity index (χ1v) is 8.04. The molecule has 0 spiro atoms. The van der Waals surface area contributed by atoms with E-state index in [9.17, 15) is 43.9 Å². The summed E-state index contributed by atoms with van der Waals surface area (Å²) in [6, 6.07) is 0.256. The number of hydrogen-bond donors (Lipinski definition) is 0. The summed E-state index contributed by atoms with van der Waals surface area (Å²) < 4.78 is 134. The molecular weight excluding hydrogens is 406 g/mol. The fourth-order valence-electron chi connectivity index (χ4n) is 2.67. The second-order valence-electron chi connectivity index (χ2n) is 8.59. The predicted molar refractivity (Wildman–Crippen MR) is 83.7 cm³/mol. The Kier molecular flexibility index (Phi) is 5.72. The van der Waals surface area contributed by atoms with Crippen LogP contribution < -0.4 is 0 Å². The van der Waals surface area contributed by atoms with Gasteiger partial charge in [-0.15, -0.1) is 0 Å². The lowest BCUT2D eigenvalue weighted by molar-refractivity contribution is -0.291. The second kappa shape index (κ2) is 6.52. The minimum Gasteiger partial charge on any atom is -0.191 e. The van der Waals surface area contributed by atoms with Crippen molar-refractivity contribution in [3.8, 4) is 0 Å². The molecule has 0 heterocycles. The molecule has 10 heteroatoms. The molecule has 0 aromatic heterocycles. The van der Waals surface area contributed by atoms with Crippen molar-refractivity contribution in [2.24, 2.45) is 0 Å². The van der Waals surface area contributed by atoms with Gasteiger partial charge in [0.2, 0.25) is 0 Å². The van der Waals surface area contributed by atoms with Crippen molar-refractivity contribution in [1.29, 1.82) is 0 Å². The van der Waals surface area contributed by atoms with E-state index in [1.54, 1.807) is 0 Å². The van der Waals surface area contributed by atoms with Gasteiger partial charge < -0.3 is 0 Å². The smallest absolute Gasteiger partial charge is 0.191 e. The highest BCUT2D eigenvalue weighted by molar-refractivity contribution is 5.49. The van der Waals surface area contributed by atoms with E-state index >= 15 is 0 Å². The first kappa shape index (κ1) is 24.6. The lowest BCUT2D eigenvalue weighted by Gasteiger charge is -2.34. The summed E-state index contributed by atoms with van der Waals surface area (Å²) in [5, 5.41) is 0. The van der Waals surface area contributed by atoms with Gasteiger partial charge in [0.1, 0.15) is 0 Å². The van der Waals surface area contributed by atoms with Crippen LogP contribution >= 0.6 is 0 Å². The summed E-state index contributed by atoms with van der Waals surface area (Å²) in [6.07, 6.45) is -12.1. The Morgan fingerprint density at radius 3 is 0.786 bits per heavy atom. The maximum absolute atomic E-state index is 14.1. The van der Waals surface area contributed by atoms with Crippen LogP contribution in [0, 0.1) is 0 Å². The molecule has 0 atom stereocenters. The fraction of sp³-hybridized carbons (Fsp3) is 0.667. The summed E-state index contributed by atoms with van der Waals surface area (Å²) in [6.45, 7) is 6.86. The number of hydrogen-bond acceptors (Lipinski definition) is 0. The summed E-state index contributed by atoms with van der Waals surface area (Å²) >= 11 is 0. The maximum Gasteiger partial charge on any atom is 0.458 e. The van der Waals surface area contributed by atoms with Gasteiger partial charge in [-0.25, -0.2) is 0 Å². The molecule has 28 heavy (non-hydrogen) atoms. The molecule has 0 amide bonds. The molecule has 0 nitrogen and oxygen atoms in total. The minimum absolute atomic E-state index is 0.128. The first-order valence-electron chi connectivity index (χ1n) is 8.04. The van der Waals surface area contributed by atoms with Crippen molar-refractivity contribution < 1.29 is 43.9 Å². The zero-order chi connectivity index (χ0) is 22.7. The maximum atomic E-state index is 14.1. The van der Waals surface area contributed by atoms with Gasteiger partial charge in [0.05, 0.1) is 0 Å². The highest BCUT2D eigenvalue weighted by Gasteiger charge is 2.63. The van der Waals surface area contributed by atoms with Crippen molar-refractivity contribution in [1.82, 2.24) is 0 Å². The zero-order valence-electron chi connectivity index (χ0n) is 15.9. The highest BCUT2D eigenvalue weighted by Crippen LogP contribution is 2.52. The summed E-state index contributed by atoms with van der Waals surface area (Å²) in [7, 11) is 0. The molecule has 0 bridgehead atoms. The molecule has 0 radical (unpaired) electrons. The number of benzene rings is 1. The predicted octanol–water partition coefficient (Wildman–Crippen LogP) is 7.59. The minimum atomic E-state index is -6.06. The largest absolute Gasteiger partial charge is 0.458 e. The third kappa shape index (κ3) is 4.25. The summed E-state index contributed by atoms with van der Waals surface area (Å²) in [5.41, 5.74) is -8.31. The molecule has 0 aliphatic carbocycles. The standard InChI is InChI=1S/C18H20F10/c1-13(2,3)9-7-12(16(21,22)18(26,27)28)10(14(4,5)6)8-11(9)15(19,20)17(23,24)25/h7-8H,1-6H3. The first-order chi connectivity index (χ1) is 12.0. The zero-order valence-corrected chi connectivity index (χ0v) is 15.9. The molecule has 0 aliphatic heterocycles. The van der Waals surface area contributed by atoms with Gasteiger partial charge in [-0.1, -0.05) is 41.5 Å². The number of rotatable bonds is 2. The second-order valence-corrected chi connectivity index (χ2v) is 8.59. The SMILES string of the molecule is CC(C)(C)c1cc(C(F)(F)C(F)(F)F)c(C(C)(C)C)cc1C(F)(F)C(F)(F)F. The van der Waals surface area contributed by atoms with E-state index in [2.05, 4.69) is 0 Å². The monoisotopic (exact) mass is 426 g/mol. The molecule has 1 rings (SSSR count). The molecule has 1 aromatic carbocycles. The van der Waals surface area contributed by atoms with Crippen LogP contribution in [0.2, 0.25) is 0 Å². The molecule has 0 saturated carbocycles. The van der Waals surface area contributed by atoms with E-state index < -0.39 is 57.3 Å². The van der Waals surface area contributed by atoms with Crippen LogP contribution in [0.15, 0.2) is 12.1 Å². The molecule has 0 N–H and O–H groups in total. The van der Waals surface area contributed by atoms with Crippen LogP contribution in [0.5, 0.6) is 0 Å². The number of halogens is 10. The van der Waals surface area contributed by atoms with Gasteiger partial charge in [-0.2, -0.15) is 43.9 Å². The third-order valence-corrected chi connectivity index (χ3v) is 4.16. The summed E-state index contributed by atoms with van der Waals surface area (Å²) in [4.78, 5) is 0. The van der Waals surface area contributed by atoms with Gasteiger partial charge in [0.15, 0.2) is 0 Å². The van der Waals surface area contributed by atoms with E-state index in [-0.39, 0.29) is 12.1 Å². The lowest BCUT2D eigenvalue weighted by Crippen LogP contribution is -2.39. The topological polar surface area (TPSA) is 0 Å². The van der Waals surface area contributed by atoms with E-state index in [1.807, 2.05) is 0 Å². The van der Waals surface area contributed by atoms with Crippen molar-refractivity contribution >= 4 is 0 Å². The molecule has 0 aliphatic rings. The molecule has 1 aromatic rings. The van der Waals surface area contributed by atoms with E-state index in [0.29, 0.717) is 0 Å². The average molecular weight is 426 g/mol. The van der Waals surface area contributed by atoms with E-state index in [4.69, 9.17) is 0 Å². The van der Waals surface area contributed by atoms with Crippen LogP contribution in [0.3, 0.4) is 0 Å². The van der Waals surface area contributed by atoms with Gasteiger partial charge in [0, 0.05) is 11.1 Å². The fourth-order valence-corrected chi connectivity index (χ4v) is 2.67. The van der Waals surface area contributed by atoms with Crippen molar-refractivity contribution in [3.63, 3.8) is 0 Å². The van der Waals surface area contributed by atoms with Crippen LogP contribution in [-0.4, -0.2) is 12.4 Å². The van der Waals surface area contributed by atoms with Gasteiger partial charge >= 0.3 is 24.2 Å². The van der Waals surface area contributed by atoms with Crippen molar-refractivity contribution in [3.05, 3.63) is 34.4 Å². The molecule has 0 unspecified atom stereocenters. The molecule has 0 saturated heterocycles. The van der Waals surface area contributed by atoms with Gasteiger partial charge in [-0.05, 0) is 34.1 Å². The molecule has 162 valence electrons. The third-order valence-electron chi connectivity index (χ3n) is 4.16. The van der Waals surface area contributed by atoms with Crippen LogP contribution in [0.4, 0.5) is 43.9 Å². The quantitative estimate of drug-likeness (QED) is 0.428. The van der Waals surface area contributed by atoms with Crippen molar-refractivity contribution in [2.75, 3.05) is 0 Å². The average Bonchev–Trinajstić information content (AvgIpc) is 2.41. The molecular formula is C18H20F10. The van der Waals surface area contributed by atoms with Crippen LogP contribution in [0.25, 0.3) is 0 Å². The van der Waals surface area contributed by atoms with Crippen molar-refractivity contribution in [2.45, 2.75) is 76.6 Å². The Bertz CT molecular complexity index is 661. The lowest BCUT2D eigenvalue weighted by atomic mass is 9.74. The van der Waals surface area contributed by atoms with E-state index in [0.717, 1.165) is 41.5 Å². The van der Waals surface area contributed by atoms with Crippen LogP contribution in [0.1, 0.15) is 63.8 Å². The normalized spacial score (nSPS) is 15.1. The Morgan fingerprint density at radius 1 is 0.429 bits per heavy atom. The summed E-state index contributed by atoms with van der Waals surface area (Å²) in [5.74, 6) is -10.9. The number of alkyl halides is 10. The highest BCUT2D eigenvalue weighted by atomic mass is 19.4.